The lowest BCUT2D eigenvalue weighted by atomic mass is 10.0. The molecule has 1 N–H and O–H groups in total. The molecule has 0 aliphatic heterocycles. The van der Waals surface area contributed by atoms with Crippen molar-refractivity contribution in [3.05, 3.63) is 99.5 Å². The molecule has 3 rings (SSSR count). The van der Waals surface area contributed by atoms with Gasteiger partial charge in [0.25, 0.3) is 0 Å². The van der Waals surface area contributed by atoms with Gasteiger partial charge in [-0.1, -0.05) is 84.7 Å². The van der Waals surface area contributed by atoms with E-state index in [1.54, 1.807) is 29.2 Å². The number of nitrogens with zero attached hydrogens (tertiary/aromatic N) is 2. The average molecular weight is 619 g/mol. The van der Waals surface area contributed by atoms with Crippen LogP contribution in [-0.4, -0.2) is 50.5 Å². The molecule has 0 unspecified atom stereocenters. The molecule has 1 atom stereocenters. The largest absolute Gasteiger partial charge is 0.354 e. The monoisotopic (exact) mass is 617 g/mol. The Morgan fingerprint density at radius 2 is 1.66 bits per heavy atom. The molecule has 0 radical (unpaired) electrons. The van der Waals surface area contributed by atoms with Gasteiger partial charge in [0.05, 0.1) is 11.9 Å². The van der Waals surface area contributed by atoms with Gasteiger partial charge < -0.3 is 10.2 Å². The molecule has 41 heavy (non-hydrogen) atoms. The van der Waals surface area contributed by atoms with Crippen molar-refractivity contribution < 1.29 is 18.0 Å². The van der Waals surface area contributed by atoms with Crippen LogP contribution in [0.15, 0.2) is 72.8 Å². The Balaban J connectivity index is 1.90. The third-order valence-corrected chi connectivity index (χ3v) is 8.49. The fourth-order valence-electron chi connectivity index (χ4n) is 4.56. The molecule has 0 fully saturated rings. The van der Waals surface area contributed by atoms with Gasteiger partial charge in [-0.15, -0.1) is 0 Å². The molecule has 0 saturated carbocycles. The number of carbonyl (C=O) groups is 2. The van der Waals surface area contributed by atoms with E-state index in [9.17, 15) is 18.0 Å². The van der Waals surface area contributed by atoms with E-state index in [2.05, 4.69) is 5.32 Å². The van der Waals surface area contributed by atoms with E-state index in [-0.39, 0.29) is 37.7 Å². The maximum Gasteiger partial charge on any atom is 0.243 e. The number of rotatable bonds is 14. The maximum absolute atomic E-state index is 13.9. The zero-order valence-electron chi connectivity index (χ0n) is 23.6. The number of benzene rings is 3. The second-order valence-electron chi connectivity index (χ2n) is 9.98. The number of anilines is 1. The summed E-state index contributed by atoms with van der Waals surface area (Å²) in [6, 6.07) is 21.1. The topological polar surface area (TPSA) is 86.8 Å². The summed E-state index contributed by atoms with van der Waals surface area (Å²) in [4.78, 5) is 28.9. The van der Waals surface area contributed by atoms with Crippen molar-refractivity contribution in [2.24, 2.45) is 0 Å². The number of carbonyl (C=O) groups excluding carboxylic acids is 2. The second-order valence-corrected chi connectivity index (χ2v) is 12.7. The summed E-state index contributed by atoms with van der Waals surface area (Å²) >= 11 is 12.6. The zero-order chi connectivity index (χ0) is 30.0. The van der Waals surface area contributed by atoms with Gasteiger partial charge in [0.1, 0.15) is 6.04 Å². The highest BCUT2D eigenvalue weighted by Crippen LogP contribution is 2.27. The van der Waals surface area contributed by atoms with E-state index in [4.69, 9.17) is 23.2 Å². The molecule has 0 saturated heterocycles. The molecular weight excluding hydrogens is 581 g/mol. The lowest BCUT2D eigenvalue weighted by Crippen LogP contribution is -2.50. The number of hydrogen-bond acceptors (Lipinski definition) is 4. The lowest BCUT2D eigenvalue weighted by molar-refractivity contribution is -0.141. The van der Waals surface area contributed by atoms with E-state index in [0.29, 0.717) is 28.7 Å². The van der Waals surface area contributed by atoms with Crippen LogP contribution in [0.3, 0.4) is 0 Å². The molecule has 3 aromatic carbocycles. The van der Waals surface area contributed by atoms with Crippen molar-refractivity contribution in [2.45, 2.75) is 52.1 Å². The van der Waals surface area contributed by atoms with Gasteiger partial charge in [-0.25, -0.2) is 8.42 Å². The summed E-state index contributed by atoms with van der Waals surface area (Å²) in [5, 5.41) is 3.87. The molecule has 0 aromatic heterocycles. The minimum Gasteiger partial charge on any atom is -0.354 e. The van der Waals surface area contributed by atoms with Crippen LogP contribution in [0.5, 0.6) is 0 Å². The van der Waals surface area contributed by atoms with Gasteiger partial charge in [0, 0.05) is 42.5 Å². The molecule has 3 aromatic rings. The van der Waals surface area contributed by atoms with Gasteiger partial charge >= 0.3 is 0 Å². The first kappa shape index (κ1) is 32.4. The van der Waals surface area contributed by atoms with E-state index in [0.717, 1.165) is 29.4 Å². The van der Waals surface area contributed by atoms with Gasteiger partial charge in [0.2, 0.25) is 21.8 Å². The first-order valence-electron chi connectivity index (χ1n) is 13.6. The fraction of sp³-hybridized carbons (Fsp3) is 0.355. The second kappa shape index (κ2) is 15.2. The summed E-state index contributed by atoms with van der Waals surface area (Å²) in [5.74, 6) is -0.516. The van der Waals surface area contributed by atoms with Crippen molar-refractivity contribution in [3.8, 4) is 0 Å². The minimum atomic E-state index is -3.64. The van der Waals surface area contributed by atoms with Crippen molar-refractivity contribution in [2.75, 3.05) is 23.7 Å². The smallest absolute Gasteiger partial charge is 0.243 e. The van der Waals surface area contributed by atoms with Crippen molar-refractivity contribution in [1.29, 1.82) is 0 Å². The number of amides is 2. The van der Waals surface area contributed by atoms with Crippen LogP contribution in [-0.2, 0) is 32.6 Å². The Hall–Kier alpha value is -3.07. The third-order valence-electron chi connectivity index (χ3n) is 6.71. The molecule has 0 aliphatic carbocycles. The summed E-state index contributed by atoms with van der Waals surface area (Å²) in [7, 11) is -3.64. The third kappa shape index (κ3) is 9.48. The highest BCUT2D eigenvalue weighted by atomic mass is 35.5. The Morgan fingerprint density at radius 3 is 2.32 bits per heavy atom. The molecule has 10 heteroatoms. The molecular formula is C31H37Cl2N3O4S. The van der Waals surface area contributed by atoms with E-state index < -0.39 is 16.1 Å². The Kier molecular flexibility index (Phi) is 12.1. The van der Waals surface area contributed by atoms with Crippen LogP contribution in [0, 0.1) is 6.92 Å². The Labute approximate surface area is 253 Å². The first-order chi connectivity index (χ1) is 19.5. The molecule has 2 amide bonds. The van der Waals surface area contributed by atoms with Crippen LogP contribution in [0.2, 0.25) is 10.0 Å². The zero-order valence-corrected chi connectivity index (χ0v) is 26.0. The quantitative estimate of drug-likeness (QED) is 0.240. The number of sulfonamides is 1. The molecule has 0 bridgehead atoms. The minimum absolute atomic E-state index is 0.0302. The maximum atomic E-state index is 13.9. The Morgan fingerprint density at radius 1 is 0.976 bits per heavy atom. The van der Waals surface area contributed by atoms with Gasteiger partial charge in [-0.3, -0.25) is 13.9 Å². The SMILES string of the molecule is CCCNC(=O)[C@@H](Cc1ccccc1)N(Cc1ccccc1Cl)C(=O)CCCN(c1cc(Cl)ccc1C)S(C)(=O)=O. The van der Waals surface area contributed by atoms with Crippen LogP contribution < -0.4 is 9.62 Å². The summed E-state index contributed by atoms with van der Waals surface area (Å²) in [5.41, 5.74) is 2.86. The van der Waals surface area contributed by atoms with Crippen LogP contribution >= 0.6 is 23.2 Å². The molecule has 220 valence electrons. The first-order valence-corrected chi connectivity index (χ1v) is 16.2. The van der Waals surface area contributed by atoms with E-state index >= 15 is 0 Å². The molecule has 0 aliphatic rings. The van der Waals surface area contributed by atoms with Crippen molar-refractivity contribution >= 4 is 50.7 Å². The van der Waals surface area contributed by atoms with Gasteiger partial charge in [-0.2, -0.15) is 0 Å². The predicted octanol–water partition coefficient (Wildman–Crippen LogP) is 6.01. The predicted molar refractivity (Wildman–Crippen MR) is 167 cm³/mol. The van der Waals surface area contributed by atoms with E-state index in [1.807, 2.05) is 62.4 Å². The number of halogens is 2. The summed E-state index contributed by atoms with van der Waals surface area (Å²) < 4.78 is 26.7. The molecule has 0 spiro atoms. The number of aryl methyl sites for hydroxylation is 1. The fourth-order valence-corrected chi connectivity index (χ4v) is 5.94. The number of hydrogen-bond donors (Lipinski definition) is 1. The van der Waals surface area contributed by atoms with Gasteiger partial charge in [0.15, 0.2) is 0 Å². The van der Waals surface area contributed by atoms with Crippen LogP contribution in [0.1, 0.15) is 42.9 Å². The summed E-state index contributed by atoms with van der Waals surface area (Å²) in [6.45, 7) is 4.48. The number of nitrogens with one attached hydrogen (secondary N) is 1. The Bertz CT molecular complexity index is 1430. The average Bonchev–Trinajstić information content (AvgIpc) is 2.94. The highest BCUT2D eigenvalue weighted by molar-refractivity contribution is 7.92. The lowest BCUT2D eigenvalue weighted by Gasteiger charge is -2.32. The highest BCUT2D eigenvalue weighted by Gasteiger charge is 2.31. The summed E-state index contributed by atoms with van der Waals surface area (Å²) in [6.07, 6.45) is 2.48. The van der Waals surface area contributed by atoms with Crippen molar-refractivity contribution in [1.82, 2.24) is 10.2 Å². The van der Waals surface area contributed by atoms with E-state index in [1.165, 1.54) is 4.31 Å². The standard InChI is InChI=1S/C31H37Cl2N3O4S/c1-4-18-34-31(38)29(20-24-11-6-5-7-12-24)35(22-25-13-8-9-14-27(25)33)30(37)15-10-19-36(41(3,39)40)28-21-26(32)17-16-23(28)2/h5-9,11-14,16-17,21,29H,4,10,15,18-20,22H2,1-3H3,(H,34,38)/t29-/m1/s1. The van der Waals surface area contributed by atoms with Crippen LogP contribution in [0.4, 0.5) is 5.69 Å². The van der Waals surface area contributed by atoms with Crippen molar-refractivity contribution in [3.63, 3.8) is 0 Å². The van der Waals surface area contributed by atoms with Crippen LogP contribution in [0.25, 0.3) is 0 Å². The molecule has 0 heterocycles. The molecule has 7 nitrogen and oxygen atoms in total. The normalized spacial score (nSPS) is 12.0. The van der Waals surface area contributed by atoms with Gasteiger partial charge in [-0.05, 0) is 54.7 Å².